The standard InChI is InChI=1S/C9H19N3O2S/c13-15(14)8-6-11-5-7-12(15)9-1-3-10-4-2-9/h9-11H,1-8H2. The van der Waals surface area contributed by atoms with Gasteiger partial charge in [-0.05, 0) is 25.9 Å². The first-order valence-electron chi connectivity index (χ1n) is 5.61. The van der Waals surface area contributed by atoms with Crippen LogP contribution in [0.4, 0.5) is 0 Å². The number of nitrogens with one attached hydrogen (secondary N) is 2. The van der Waals surface area contributed by atoms with Crippen LogP contribution in [0.3, 0.4) is 0 Å². The average molecular weight is 233 g/mol. The molecule has 0 spiro atoms. The Hall–Kier alpha value is -0.170. The molecule has 0 saturated carbocycles. The molecule has 15 heavy (non-hydrogen) atoms. The maximum absolute atomic E-state index is 12.0. The van der Waals surface area contributed by atoms with E-state index < -0.39 is 10.0 Å². The highest BCUT2D eigenvalue weighted by Crippen LogP contribution is 2.16. The first-order valence-corrected chi connectivity index (χ1v) is 7.22. The Labute approximate surface area is 91.3 Å². The predicted octanol–water partition coefficient (Wildman–Crippen LogP) is -1.03. The number of nitrogens with zero attached hydrogens (tertiary/aromatic N) is 1. The molecule has 2 N–H and O–H groups in total. The molecule has 2 heterocycles. The number of hydrogen-bond donors (Lipinski definition) is 2. The van der Waals surface area contributed by atoms with Gasteiger partial charge in [-0.1, -0.05) is 0 Å². The van der Waals surface area contributed by atoms with Gasteiger partial charge in [-0.15, -0.1) is 0 Å². The summed E-state index contributed by atoms with van der Waals surface area (Å²) in [4.78, 5) is 0. The van der Waals surface area contributed by atoms with E-state index in [0.29, 0.717) is 13.1 Å². The summed E-state index contributed by atoms with van der Waals surface area (Å²) in [5, 5.41) is 6.40. The Morgan fingerprint density at radius 1 is 1.00 bits per heavy atom. The molecule has 0 bridgehead atoms. The van der Waals surface area contributed by atoms with Crippen LogP contribution in [0.2, 0.25) is 0 Å². The van der Waals surface area contributed by atoms with Gasteiger partial charge in [0.15, 0.2) is 0 Å². The number of hydrogen-bond acceptors (Lipinski definition) is 4. The lowest BCUT2D eigenvalue weighted by molar-refractivity contribution is 0.267. The molecule has 88 valence electrons. The van der Waals surface area contributed by atoms with Gasteiger partial charge < -0.3 is 10.6 Å². The van der Waals surface area contributed by atoms with Crippen LogP contribution in [-0.4, -0.2) is 57.2 Å². The molecular weight excluding hydrogens is 214 g/mol. The lowest BCUT2D eigenvalue weighted by Gasteiger charge is -2.32. The van der Waals surface area contributed by atoms with Crippen LogP contribution >= 0.6 is 0 Å². The lowest BCUT2D eigenvalue weighted by atomic mass is 10.1. The molecule has 2 aliphatic heterocycles. The normalized spacial score (nSPS) is 29.9. The molecule has 2 aliphatic rings. The molecule has 2 rings (SSSR count). The van der Waals surface area contributed by atoms with Crippen molar-refractivity contribution < 1.29 is 8.42 Å². The molecule has 0 unspecified atom stereocenters. The predicted molar refractivity (Wildman–Crippen MR) is 59.3 cm³/mol. The summed E-state index contributed by atoms with van der Waals surface area (Å²) in [6, 6.07) is 0.219. The van der Waals surface area contributed by atoms with Crippen molar-refractivity contribution >= 4 is 10.0 Å². The second kappa shape index (κ2) is 4.78. The highest BCUT2D eigenvalue weighted by molar-refractivity contribution is 7.89. The van der Waals surface area contributed by atoms with E-state index in [1.54, 1.807) is 4.31 Å². The van der Waals surface area contributed by atoms with Gasteiger partial charge in [0.1, 0.15) is 0 Å². The Kier molecular flexibility index (Phi) is 3.60. The molecule has 6 heteroatoms. The topological polar surface area (TPSA) is 61.4 Å². The van der Waals surface area contributed by atoms with E-state index in [4.69, 9.17) is 0 Å². The van der Waals surface area contributed by atoms with Crippen LogP contribution in [0.1, 0.15) is 12.8 Å². The Bertz CT molecular complexity index is 298. The van der Waals surface area contributed by atoms with E-state index in [1.807, 2.05) is 0 Å². The molecular formula is C9H19N3O2S. The first kappa shape index (κ1) is 11.3. The van der Waals surface area contributed by atoms with Gasteiger partial charge in [0.2, 0.25) is 10.0 Å². The minimum atomic E-state index is -3.02. The highest BCUT2D eigenvalue weighted by atomic mass is 32.2. The average Bonchev–Trinajstić information content (AvgIpc) is 2.40. The first-order chi connectivity index (χ1) is 7.20. The van der Waals surface area contributed by atoms with Crippen molar-refractivity contribution in [3.05, 3.63) is 0 Å². The molecule has 0 aliphatic carbocycles. The summed E-state index contributed by atoms with van der Waals surface area (Å²) in [6.45, 7) is 3.87. The maximum atomic E-state index is 12.0. The van der Waals surface area contributed by atoms with E-state index in [2.05, 4.69) is 10.6 Å². The summed E-state index contributed by atoms with van der Waals surface area (Å²) in [6.07, 6.45) is 1.89. The fraction of sp³-hybridized carbons (Fsp3) is 1.00. The Morgan fingerprint density at radius 3 is 2.40 bits per heavy atom. The molecule has 2 fully saturated rings. The summed E-state index contributed by atoms with van der Waals surface area (Å²) >= 11 is 0. The molecule has 0 radical (unpaired) electrons. The highest BCUT2D eigenvalue weighted by Gasteiger charge is 2.31. The van der Waals surface area contributed by atoms with Crippen LogP contribution in [0, 0.1) is 0 Å². The van der Waals surface area contributed by atoms with Crippen LogP contribution in [0.5, 0.6) is 0 Å². The van der Waals surface area contributed by atoms with Crippen LogP contribution in [0.25, 0.3) is 0 Å². The number of piperidine rings is 1. The minimum absolute atomic E-state index is 0.219. The molecule has 0 amide bonds. The van der Waals surface area contributed by atoms with Gasteiger partial charge in [-0.3, -0.25) is 0 Å². The Balaban J connectivity index is 2.09. The van der Waals surface area contributed by atoms with Crippen molar-refractivity contribution in [2.45, 2.75) is 18.9 Å². The van der Waals surface area contributed by atoms with Crippen molar-refractivity contribution in [1.29, 1.82) is 0 Å². The molecule has 5 nitrogen and oxygen atoms in total. The summed E-state index contributed by atoms with van der Waals surface area (Å²) in [5.74, 6) is 0.247. The summed E-state index contributed by atoms with van der Waals surface area (Å²) < 4.78 is 25.6. The Morgan fingerprint density at radius 2 is 1.67 bits per heavy atom. The zero-order valence-electron chi connectivity index (χ0n) is 8.91. The number of sulfonamides is 1. The summed E-state index contributed by atoms with van der Waals surface area (Å²) in [5.41, 5.74) is 0. The molecule has 0 aromatic rings. The van der Waals surface area contributed by atoms with E-state index in [0.717, 1.165) is 32.5 Å². The monoisotopic (exact) mass is 233 g/mol. The lowest BCUT2D eigenvalue weighted by Crippen LogP contribution is -2.47. The van der Waals surface area contributed by atoms with E-state index in [9.17, 15) is 8.42 Å². The second-order valence-electron chi connectivity index (χ2n) is 4.16. The molecule has 0 aromatic heterocycles. The maximum Gasteiger partial charge on any atom is 0.215 e. The number of rotatable bonds is 1. The third-order valence-electron chi connectivity index (χ3n) is 3.12. The van der Waals surface area contributed by atoms with Crippen molar-refractivity contribution in [3.63, 3.8) is 0 Å². The fourth-order valence-electron chi connectivity index (χ4n) is 2.28. The van der Waals surface area contributed by atoms with E-state index in [1.165, 1.54) is 0 Å². The van der Waals surface area contributed by atoms with Gasteiger partial charge >= 0.3 is 0 Å². The largest absolute Gasteiger partial charge is 0.317 e. The molecule has 0 atom stereocenters. The van der Waals surface area contributed by atoms with Crippen LogP contribution in [0.15, 0.2) is 0 Å². The van der Waals surface area contributed by atoms with Crippen LogP contribution < -0.4 is 10.6 Å². The molecule has 0 aromatic carbocycles. The second-order valence-corrected chi connectivity index (χ2v) is 6.20. The van der Waals surface area contributed by atoms with Gasteiger partial charge in [0, 0.05) is 25.7 Å². The molecule has 2 saturated heterocycles. The third kappa shape index (κ3) is 2.69. The van der Waals surface area contributed by atoms with Crippen molar-refractivity contribution in [2.75, 3.05) is 38.5 Å². The van der Waals surface area contributed by atoms with E-state index >= 15 is 0 Å². The van der Waals surface area contributed by atoms with Crippen molar-refractivity contribution in [2.24, 2.45) is 0 Å². The van der Waals surface area contributed by atoms with Gasteiger partial charge in [0.05, 0.1) is 5.75 Å². The van der Waals surface area contributed by atoms with Crippen LogP contribution in [-0.2, 0) is 10.0 Å². The summed E-state index contributed by atoms with van der Waals surface area (Å²) in [7, 11) is -3.02. The quantitative estimate of drug-likeness (QED) is 0.608. The smallest absolute Gasteiger partial charge is 0.215 e. The van der Waals surface area contributed by atoms with Gasteiger partial charge in [-0.2, -0.15) is 4.31 Å². The minimum Gasteiger partial charge on any atom is -0.317 e. The fourth-order valence-corrected chi connectivity index (χ4v) is 3.95. The zero-order chi connectivity index (χ0) is 10.7. The van der Waals surface area contributed by atoms with Crippen molar-refractivity contribution in [1.82, 2.24) is 14.9 Å². The van der Waals surface area contributed by atoms with Gasteiger partial charge in [0.25, 0.3) is 0 Å². The van der Waals surface area contributed by atoms with Gasteiger partial charge in [-0.25, -0.2) is 8.42 Å². The SMILES string of the molecule is O=S1(=O)CCNCCN1C1CCNCC1. The van der Waals surface area contributed by atoms with Crippen molar-refractivity contribution in [3.8, 4) is 0 Å². The zero-order valence-corrected chi connectivity index (χ0v) is 9.72. The third-order valence-corrected chi connectivity index (χ3v) is 5.03. The van der Waals surface area contributed by atoms with E-state index in [-0.39, 0.29) is 11.8 Å².